The zero-order chi connectivity index (χ0) is 10.3. The molecule has 0 aliphatic rings. The van der Waals surface area contributed by atoms with E-state index in [1.807, 2.05) is 0 Å². The fourth-order valence-corrected chi connectivity index (χ4v) is 0.889. The van der Waals surface area contributed by atoms with Crippen molar-refractivity contribution in [2.24, 2.45) is 11.5 Å². The Bertz CT molecular complexity index is 150. The van der Waals surface area contributed by atoms with Crippen molar-refractivity contribution in [2.75, 3.05) is 6.54 Å². The molecule has 0 aromatic heterocycles. The molecule has 0 heterocycles. The van der Waals surface area contributed by atoms with Gasteiger partial charge in [0.05, 0.1) is 4.91 Å². The second-order valence-corrected chi connectivity index (χ2v) is 3.29. The largest absolute Gasteiger partial charge is 0.330 e. The molecule has 0 rings (SSSR count). The highest BCUT2D eigenvalue weighted by Crippen LogP contribution is 2.01. The predicted molar refractivity (Wildman–Crippen MR) is 50.7 cm³/mol. The molecule has 5 heteroatoms. The molecule has 0 amide bonds. The first-order valence-corrected chi connectivity index (χ1v) is 4.66. The molecule has 1 unspecified atom stereocenters. The van der Waals surface area contributed by atoms with Crippen LogP contribution in [0.5, 0.6) is 0 Å². The molecule has 0 aromatic carbocycles. The Hall–Kier alpha value is -0.680. The summed E-state index contributed by atoms with van der Waals surface area (Å²) in [5.41, 5.74) is 10.9. The summed E-state index contributed by atoms with van der Waals surface area (Å²) in [6, 6.07) is 0. The number of unbranched alkanes of at least 4 members (excludes halogenated alkanes) is 1. The smallest absolute Gasteiger partial charge is 0.308 e. The molecule has 0 aromatic rings. The highest BCUT2D eigenvalue weighted by Gasteiger charge is 2.23. The summed E-state index contributed by atoms with van der Waals surface area (Å²) >= 11 is 0. The molecule has 5 nitrogen and oxygen atoms in total. The van der Waals surface area contributed by atoms with Crippen molar-refractivity contribution in [1.82, 2.24) is 0 Å². The van der Waals surface area contributed by atoms with E-state index in [2.05, 4.69) is 0 Å². The van der Waals surface area contributed by atoms with Crippen LogP contribution < -0.4 is 11.5 Å². The molecule has 0 saturated heterocycles. The monoisotopic (exact) mass is 190 g/mol. The molecule has 78 valence electrons. The lowest BCUT2D eigenvalue weighted by atomic mass is 10.2. The molecule has 13 heavy (non-hydrogen) atoms. The maximum atomic E-state index is 11.1. The van der Waals surface area contributed by atoms with Crippen LogP contribution in [0, 0.1) is 4.91 Å². The van der Waals surface area contributed by atoms with Crippen LogP contribution in [0.1, 0.15) is 33.1 Å². The fraction of sp³-hybridized carbons (Fsp3) is 1.00. The molecule has 1 atom stereocenters. The highest BCUT2D eigenvalue weighted by atomic mass is 16.8. The van der Waals surface area contributed by atoms with Gasteiger partial charge in [-0.15, -0.1) is 0 Å². The quantitative estimate of drug-likeness (QED) is 0.348. The number of hydrogen-bond acceptors (Lipinski definition) is 4. The zero-order valence-corrected chi connectivity index (χ0v) is 8.40. The van der Waals surface area contributed by atoms with Gasteiger partial charge in [-0.25, -0.2) is 4.84 Å². The van der Waals surface area contributed by atoms with Crippen molar-refractivity contribution < 1.29 is 9.76 Å². The Labute approximate surface area is 78.9 Å². The third-order valence-corrected chi connectivity index (χ3v) is 1.54. The number of rotatable bonds is 7. The molecule has 0 radical (unpaired) electrons. The van der Waals surface area contributed by atoms with Crippen molar-refractivity contribution in [3.8, 4) is 0 Å². The number of nitrogens with zero attached hydrogens (tertiary/aromatic N) is 1. The van der Waals surface area contributed by atoms with E-state index in [9.17, 15) is 4.91 Å². The molecular weight excluding hydrogens is 170 g/mol. The van der Waals surface area contributed by atoms with Crippen molar-refractivity contribution in [2.45, 2.75) is 45.4 Å². The van der Waals surface area contributed by atoms with Gasteiger partial charge in [-0.1, -0.05) is 0 Å². The van der Waals surface area contributed by atoms with Crippen molar-refractivity contribution in [1.29, 1.82) is 0 Å². The first-order valence-electron chi connectivity index (χ1n) is 4.66. The van der Waals surface area contributed by atoms with Gasteiger partial charge < -0.3 is 5.73 Å². The zero-order valence-electron chi connectivity index (χ0n) is 8.40. The molecule has 0 spiro atoms. The lowest BCUT2D eigenvalue weighted by Gasteiger charge is -2.04. The Morgan fingerprint density at radius 1 is 1.38 bits per heavy atom. The van der Waals surface area contributed by atoms with Crippen LogP contribution in [-0.4, -0.2) is 23.7 Å². The molecule has 4 N–H and O–H groups in total. The third-order valence-electron chi connectivity index (χ3n) is 1.54. The van der Waals surface area contributed by atoms with Crippen LogP contribution >= 0.6 is 0 Å². The molecule has 0 fully saturated rings. The van der Waals surface area contributed by atoms with Crippen LogP contribution in [0.4, 0.5) is 0 Å². The lowest BCUT2D eigenvalue weighted by Crippen LogP contribution is -2.34. The standard InChI is InChI=1S/C8H20N3O2/c1-7(2)13-11(12)8(10)5-3-4-6-9/h7-8H,3-6,9-10H2,1-2H3/q+1. The van der Waals surface area contributed by atoms with E-state index >= 15 is 0 Å². The summed E-state index contributed by atoms with van der Waals surface area (Å²) < 4.78 is 0. The van der Waals surface area contributed by atoms with E-state index in [1.165, 1.54) is 0 Å². The van der Waals surface area contributed by atoms with E-state index in [4.69, 9.17) is 16.3 Å². The van der Waals surface area contributed by atoms with Gasteiger partial charge in [0.1, 0.15) is 0 Å². The van der Waals surface area contributed by atoms with Crippen LogP contribution in [0.2, 0.25) is 0 Å². The van der Waals surface area contributed by atoms with Crippen LogP contribution in [0.15, 0.2) is 0 Å². The van der Waals surface area contributed by atoms with Gasteiger partial charge >= 0.3 is 6.17 Å². The van der Waals surface area contributed by atoms with Crippen molar-refractivity contribution >= 4 is 0 Å². The minimum atomic E-state index is -0.575. The summed E-state index contributed by atoms with van der Waals surface area (Å²) in [7, 11) is 0. The molecule has 0 aliphatic carbocycles. The Morgan fingerprint density at radius 3 is 2.46 bits per heavy atom. The summed E-state index contributed by atoms with van der Waals surface area (Å²) in [6.45, 7) is 4.21. The predicted octanol–water partition coefficient (Wildman–Crippen LogP) is 0.519. The summed E-state index contributed by atoms with van der Waals surface area (Å²) in [5, 5.41) is 0. The normalized spacial score (nSPS) is 13.0. The van der Waals surface area contributed by atoms with Crippen LogP contribution in [-0.2, 0) is 4.84 Å². The average molecular weight is 190 g/mol. The SMILES string of the molecule is CC(C)O[N+](=O)C(N)CCCCN. The summed E-state index contributed by atoms with van der Waals surface area (Å²) in [6.07, 6.45) is 1.67. The van der Waals surface area contributed by atoms with Crippen molar-refractivity contribution in [3.63, 3.8) is 0 Å². The maximum Gasteiger partial charge on any atom is 0.308 e. The average Bonchev–Trinajstić information content (AvgIpc) is 2.03. The second kappa shape index (κ2) is 6.80. The molecule has 0 bridgehead atoms. The second-order valence-electron chi connectivity index (χ2n) is 3.29. The Balaban J connectivity index is 3.57. The first kappa shape index (κ1) is 12.3. The van der Waals surface area contributed by atoms with Crippen LogP contribution in [0.3, 0.4) is 0 Å². The third kappa shape index (κ3) is 6.48. The Morgan fingerprint density at radius 2 is 2.00 bits per heavy atom. The van der Waals surface area contributed by atoms with Crippen molar-refractivity contribution in [3.05, 3.63) is 4.91 Å². The van der Waals surface area contributed by atoms with Gasteiger partial charge in [-0.3, -0.25) is 5.73 Å². The highest BCUT2D eigenvalue weighted by molar-refractivity contribution is 4.46. The minimum absolute atomic E-state index is 0.127. The van der Waals surface area contributed by atoms with E-state index in [0.29, 0.717) is 17.9 Å². The molecule has 0 aliphatic heterocycles. The lowest BCUT2D eigenvalue weighted by molar-refractivity contribution is -0.834. The van der Waals surface area contributed by atoms with E-state index in [0.717, 1.165) is 12.8 Å². The van der Waals surface area contributed by atoms with Gasteiger partial charge in [0, 0.05) is 6.42 Å². The van der Waals surface area contributed by atoms with E-state index in [1.54, 1.807) is 13.8 Å². The number of nitrogens with two attached hydrogens (primary N) is 2. The van der Waals surface area contributed by atoms with Gasteiger partial charge in [-0.05, 0) is 33.2 Å². The Kier molecular flexibility index (Phi) is 6.44. The first-order chi connectivity index (χ1) is 6.07. The summed E-state index contributed by atoms with van der Waals surface area (Å²) in [4.78, 5) is 16.4. The fourth-order valence-electron chi connectivity index (χ4n) is 0.889. The van der Waals surface area contributed by atoms with Gasteiger partial charge in [0.2, 0.25) is 4.92 Å². The van der Waals surface area contributed by atoms with Crippen LogP contribution in [0.25, 0.3) is 0 Å². The van der Waals surface area contributed by atoms with Gasteiger partial charge in [0.25, 0.3) is 0 Å². The number of hydrogen-bond donors (Lipinski definition) is 2. The van der Waals surface area contributed by atoms with Gasteiger partial charge in [0.15, 0.2) is 6.10 Å². The molecular formula is C8H20N3O2+. The van der Waals surface area contributed by atoms with Gasteiger partial charge in [-0.2, -0.15) is 0 Å². The van der Waals surface area contributed by atoms with E-state index < -0.39 is 6.17 Å². The summed E-state index contributed by atoms with van der Waals surface area (Å²) in [5.74, 6) is 0. The van der Waals surface area contributed by atoms with E-state index in [-0.39, 0.29) is 6.10 Å². The minimum Gasteiger partial charge on any atom is -0.330 e. The topological polar surface area (TPSA) is 81.3 Å². The molecule has 0 saturated carbocycles. The maximum absolute atomic E-state index is 11.1.